The SMILES string of the molecule is O=C(Nc1ccn(Cc2ccc(F)cc2Cl)n1)c1ccn(Cn2cc(Br)cn2)n1. The van der Waals surface area contributed by atoms with Crippen molar-refractivity contribution in [2.75, 3.05) is 5.32 Å². The monoisotopic (exact) mass is 477 g/mol. The zero-order valence-electron chi connectivity index (χ0n) is 14.8. The number of benzene rings is 1. The predicted molar refractivity (Wildman–Crippen MR) is 108 cm³/mol. The molecule has 1 N–H and O–H groups in total. The molecule has 29 heavy (non-hydrogen) atoms. The maximum Gasteiger partial charge on any atom is 0.277 e. The highest BCUT2D eigenvalue weighted by Crippen LogP contribution is 2.18. The lowest BCUT2D eigenvalue weighted by atomic mass is 10.2. The van der Waals surface area contributed by atoms with E-state index in [4.69, 9.17) is 11.6 Å². The van der Waals surface area contributed by atoms with Crippen LogP contribution in [0.5, 0.6) is 0 Å². The van der Waals surface area contributed by atoms with Crippen LogP contribution in [-0.2, 0) is 13.2 Å². The third kappa shape index (κ3) is 4.72. The number of carbonyl (C=O) groups excluding carboxylic acids is 1. The van der Waals surface area contributed by atoms with Crippen molar-refractivity contribution in [3.63, 3.8) is 0 Å². The number of carbonyl (C=O) groups is 1. The first kappa shape index (κ1) is 19.3. The van der Waals surface area contributed by atoms with Crippen molar-refractivity contribution in [3.05, 3.63) is 81.7 Å². The van der Waals surface area contributed by atoms with Gasteiger partial charge in [-0.3, -0.25) is 14.2 Å². The Balaban J connectivity index is 1.39. The molecule has 0 aliphatic heterocycles. The van der Waals surface area contributed by atoms with Crippen LogP contribution in [0.2, 0.25) is 5.02 Å². The lowest BCUT2D eigenvalue weighted by Crippen LogP contribution is -2.15. The maximum atomic E-state index is 13.2. The number of anilines is 1. The molecule has 0 aliphatic carbocycles. The summed E-state index contributed by atoms with van der Waals surface area (Å²) < 4.78 is 18.9. The minimum atomic E-state index is -0.396. The first-order chi connectivity index (χ1) is 14.0. The molecule has 0 spiro atoms. The Labute approximate surface area is 178 Å². The second-order valence-corrected chi connectivity index (χ2v) is 7.49. The minimum absolute atomic E-state index is 0.257. The molecule has 1 aromatic carbocycles. The van der Waals surface area contributed by atoms with Gasteiger partial charge in [0.25, 0.3) is 5.91 Å². The highest BCUT2D eigenvalue weighted by molar-refractivity contribution is 9.10. The fraction of sp³-hybridized carbons (Fsp3) is 0.111. The quantitative estimate of drug-likeness (QED) is 0.459. The summed E-state index contributed by atoms with van der Waals surface area (Å²) in [5.41, 5.74) is 0.977. The molecule has 0 atom stereocenters. The zero-order chi connectivity index (χ0) is 20.4. The molecule has 0 unspecified atom stereocenters. The van der Waals surface area contributed by atoms with E-state index in [-0.39, 0.29) is 11.6 Å². The summed E-state index contributed by atoms with van der Waals surface area (Å²) in [6.45, 7) is 0.731. The molecule has 0 radical (unpaired) electrons. The third-order valence-corrected chi connectivity index (χ3v) is 4.76. The molecule has 4 rings (SSSR count). The molecule has 3 aromatic heterocycles. The van der Waals surface area contributed by atoms with Crippen molar-refractivity contribution in [1.82, 2.24) is 29.3 Å². The van der Waals surface area contributed by atoms with Crippen molar-refractivity contribution in [1.29, 1.82) is 0 Å². The van der Waals surface area contributed by atoms with Crippen LogP contribution < -0.4 is 5.32 Å². The highest BCUT2D eigenvalue weighted by atomic mass is 79.9. The van der Waals surface area contributed by atoms with Crippen molar-refractivity contribution < 1.29 is 9.18 Å². The first-order valence-electron chi connectivity index (χ1n) is 8.46. The number of rotatable bonds is 6. The fourth-order valence-corrected chi connectivity index (χ4v) is 3.20. The normalized spacial score (nSPS) is 11.0. The van der Waals surface area contributed by atoms with Gasteiger partial charge in [-0.1, -0.05) is 17.7 Å². The van der Waals surface area contributed by atoms with Crippen LogP contribution in [0.15, 0.2) is 59.6 Å². The molecule has 0 saturated carbocycles. The molecule has 0 bridgehead atoms. The van der Waals surface area contributed by atoms with E-state index in [0.717, 1.165) is 10.0 Å². The highest BCUT2D eigenvalue weighted by Gasteiger charge is 2.12. The van der Waals surface area contributed by atoms with E-state index in [0.29, 0.717) is 24.1 Å². The smallest absolute Gasteiger partial charge is 0.277 e. The van der Waals surface area contributed by atoms with Gasteiger partial charge in [-0.2, -0.15) is 15.3 Å². The minimum Gasteiger partial charge on any atom is -0.304 e. The largest absolute Gasteiger partial charge is 0.304 e. The average molecular weight is 479 g/mol. The molecular weight excluding hydrogens is 465 g/mol. The number of nitrogens with zero attached hydrogens (tertiary/aromatic N) is 6. The number of hydrogen-bond donors (Lipinski definition) is 1. The number of nitrogens with one attached hydrogen (secondary N) is 1. The Morgan fingerprint density at radius 2 is 1.97 bits per heavy atom. The lowest BCUT2D eigenvalue weighted by molar-refractivity contribution is 0.102. The van der Waals surface area contributed by atoms with E-state index in [1.807, 2.05) is 0 Å². The summed E-state index contributed by atoms with van der Waals surface area (Å²) in [4.78, 5) is 12.4. The maximum absolute atomic E-state index is 13.2. The van der Waals surface area contributed by atoms with Crippen molar-refractivity contribution >= 4 is 39.3 Å². The number of halogens is 3. The molecule has 0 aliphatic rings. The van der Waals surface area contributed by atoms with Gasteiger partial charge in [0.2, 0.25) is 0 Å². The second-order valence-electron chi connectivity index (χ2n) is 6.17. The summed E-state index contributed by atoms with van der Waals surface area (Å²) in [5.74, 6) is -0.402. The molecule has 0 fully saturated rings. The zero-order valence-corrected chi connectivity index (χ0v) is 17.2. The molecule has 4 aromatic rings. The third-order valence-electron chi connectivity index (χ3n) is 3.99. The lowest BCUT2D eigenvalue weighted by Gasteiger charge is -2.05. The number of amides is 1. The second kappa shape index (κ2) is 8.18. The number of hydrogen-bond acceptors (Lipinski definition) is 4. The summed E-state index contributed by atoms with van der Waals surface area (Å²) in [5, 5.41) is 15.7. The Bertz CT molecular complexity index is 1170. The van der Waals surface area contributed by atoms with Gasteiger partial charge in [-0.05, 0) is 39.7 Å². The number of aromatic nitrogens is 6. The van der Waals surface area contributed by atoms with Crippen molar-refractivity contribution in [2.45, 2.75) is 13.2 Å². The van der Waals surface area contributed by atoms with Gasteiger partial charge in [0.15, 0.2) is 11.5 Å². The van der Waals surface area contributed by atoms with Gasteiger partial charge in [-0.15, -0.1) is 0 Å². The van der Waals surface area contributed by atoms with Gasteiger partial charge < -0.3 is 5.32 Å². The van der Waals surface area contributed by atoms with Crippen molar-refractivity contribution in [2.24, 2.45) is 0 Å². The van der Waals surface area contributed by atoms with Gasteiger partial charge >= 0.3 is 0 Å². The molecule has 0 saturated heterocycles. The van der Waals surface area contributed by atoms with Gasteiger partial charge in [0, 0.05) is 29.7 Å². The van der Waals surface area contributed by atoms with Crippen LogP contribution in [0.1, 0.15) is 16.1 Å². The average Bonchev–Trinajstić information content (AvgIpc) is 3.40. The van der Waals surface area contributed by atoms with Crippen LogP contribution in [-0.4, -0.2) is 35.2 Å². The molecule has 11 heteroatoms. The standard InChI is InChI=1S/C18H14BrClFN7O/c19-13-8-22-28(10-13)11-27-5-3-16(24-27)18(29)23-17-4-6-26(25-17)9-12-1-2-14(21)7-15(12)20/h1-8,10H,9,11H2,(H,23,25,29). The summed E-state index contributed by atoms with van der Waals surface area (Å²) in [7, 11) is 0. The molecule has 8 nitrogen and oxygen atoms in total. The van der Waals surface area contributed by atoms with Crippen LogP contribution >= 0.6 is 27.5 Å². The Morgan fingerprint density at radius 3 is 2.72 bits per heavy atom. The molecule has 3 heterocycles. The van der Waals surface area contributed by atoms with Gasteiger partial charge in [-0.25, -0.2) is 9.07 Å². The van der Waals surface area contributed by atoms with E-state index in [2.05, 4.69) is 36.5 Å². The van der Waals surface area contributed by atoms with E-state index in [1.165, 1.54) is 12.1 Å². The van der Waals surface area contributed by atoms with Crippen LogP contribution in [0, 0.1) is 5.82 Å². The summed E-state index contributed by atoms with van der Waals surface area (Å²) >= 11 is 9.37. The van der Waals surface area contributed by atoms with Crippen LogP contribution in [0.3, 0.4) is 0 Å². The predicted octanol–water partition coefficient (Wildman–Crippen LogP) is 3.64. The Hall–Kier alpha value is -2.98. The topological polar surface area (TPSA) is 82.6 Å². The van der Waals surface area contributed by atoms with Gasteiger partial charge in [0.1, 0.15) is 12.5 Å². The van der Waals surface area contributed by atoms with Crippen LogP contribution in [0.25, 0.3) is 0 Å². The summed E-state index contributed by atoms with van der Waals surface area (Å²) in [6, 6.07) is 7.46. The summed E-state index contributed by atoms with van der Waals surface area (Å²) in [6.07, 6.45) is 6.87. The van der Waals surface area contributed by atoms with E-state index in [9.17, 15) is 9.18 Å². The van der Waals surface area contributed by atoms with Gasteiger partial charge in [0.05, 0.1) is 17.2 Å². The first-order valence-corrected chi connectivity index (χ1v) is 9.63. The Kier molecular flexibility index (Phi) is 5.45. The molecular formula is C18H14BrClFN7O. The van der Waals surface area contributed by atoms with Crippen molar-refractivity contribution in [3.8, 4) is 0 Å². The van der Waals surface area contributed by atoms with Crippen LogP contribution in [0.4, 0.5) is 10.2 Å². The Morgan fingerprint density at radius 1 is 1.14 bits per heavy atom. The molecule has 148 valence electrons. The van der Waals surface area contributed by atoms with E-state index in [1.54, 1.807) is 57.0 Å². The van der Waals surface area contributed by atoms with E-state index < -0.39 is 5.82 Å². The fourth-order valence-electron chi connectivity index (χ4n) is 2.65. The molecule has 1 amide bonds. The van der Waals surface area contributed by atoms with E-state index >= 15 is 0 Å².